The SMILES string of the molecule is CCC(C)NC(=O)C1CCC(C(=O)N2CCCC2)CC1. The minimum atomic E-state index is 0.117. The fraction of sp³-hybridized carbons (Fsp3) is 0.875. The Kier molecular flexibility index (Phi) is 5.44. The van der Waals surface area contributed by atoms with Crippen molar-refractivity contribution in [3.05, 3.63) is 0 Å². The van der Waals surface area contributed by atoms with E-state index in [2.05, 4.69) is 12.2 Å². The average molecular weight is 280 g/mol. The van der Waals surface area contributed by atoms with Crippen LogP contribution in [0.2, 0.25) is 0 Å². The predicted molar refractivity (Wildman–Crippen MR) is 79.2 cm³/mol. The van der Waals surface area contributed by atoms with E-state index in [4.69, 9.17) is 0 Å². The molecule has 1 aliphatic carbocycles. The Labute approximate surface area is 122 Å². The molecule has 4 heteroatoms. The molecule has 1 saturated carbocycles. The van der Waals surface area contributed by atoms with Crippen LogP contribution in [0.15, 0.2) is 0 Å². The van der Waals surface area contributed by atoms with Gasteiger partial charge in [-0.05, 0) is 51.9 Å². The maximum Gasteiger partial charge on any atom is 0.225 e. The number of hydrogen-bond acceptors (Lipinski definition) is 2. The molecule has 4 nitrogen and oxygen atoms in total. The zero-order valence-corrected chi connectivity index (χ0v) is 12.9. The van der Waals surface area contributed by atoms with E-state index in [9.17, 15) is 9.59 Å². The quantitative estimate of drug-likeness (QED) is 0.859. The van der Waals surface area contributed by atoms with Crippen LogP contribution >= 0.6 is 0 Å². The van der Waals surface area contributed by atoms with Gasteiger partial charge >= 0.3 is 0 Å². The first-order valence-corrected chi connectivity index (χ1v) is 8.21. The predicted octanol–water partition coefficient (Wildman–Crippen LogP) is 2.33. The van der Waals surface area contributed by atoms with Crippen LogP contribution in [0.3, 0.4) is 0 Å². The van der Waals surface area contributed by atoms with Gasteiger partial charge in [-0.2, -0.15) is 0 Å². The minimum absolute atomic E-state index is 0.117. The first kappa shape index (κ1) is 15.3. The van der Waals surface area contributed by atoms with Crippen LogP contribution < -0.4 is 5.32 Å². The van der Waals surface area contributed by atoms with Crippen LogP contribution in [0.1, 0.15) is 58.8 Å². The third-order valence-corrected chi connectivity index (χ3v) is 4.87. The molecule has 2 fully saturated rings. The highest BCUT2D eigenvalue weighted by Gasteiger charge is 2.32. The monoisotopic (exact) mass is 280 g/mol. The van der Waals surface area contributed by atoms with Crippen molar-refractivity contribution in [1.29, 1.82) is 0 Å². The van der Waals surface area contributed by atoms with E-state index in [1.54, 1.807) is 0 Å². The smallest absolute Gasteiger partial charge is 0.225 e. The van der Waals surface area contributed by atoms with Crippen LogP contribution in [0.25, 0.3) is 0 Å². The fourth-order valence-electron chi connectivity index (χ4n) is 3.26. The van der Waals surface area contributed by atoms with Gasteiger partial charge in [0, 0.05) is 31.0 Å². The van der Waals surface area contributed by atoms with Gasteiger partial charge in [0.05, 0.1) is 0 Å². The molecule has 1 aliphatic heterocycles. The van der Waals surface area contributed by atoms with Crippen molar-refractivity contribution in [3.8, 4) is 0 Å². The molecule has 0 aromatic carbocycles. The van der Waals surface area contributed by atoms with Gasteiger partial charge in [-0.1, -0.05) is 6.92 Å². The summed E-state index contributed by atoms with van der Waals surface area (Å²) in [6, 6.07) is 0.256. The van der Waals surface area contributed by atoms with Gasteiger partial charge in [-0.3, -0.25) is 9.59 Å². The lowest BCUT2D eigenvalue weighted by Gasteiger charge is -2.30. The third-order valence-electron chi connectivity index (χ3n) is 4.87. The van der Waals surface area contributed by atoms with E-state index in [1.807, 2.05) is 11.8 Å². The third kappa shape index (κ3) is 3.74. The standard InChI is InChI=1S/C16H28N2O2/c1-3-12(2)17-15(19)13-6-8-14(9-7-13)16(20)18-10-4-5-11-18/h12-14H,3-11H2,1-2H3,(H,17,19). The highest BCUT2D eigenvalue weighted by Crippen LogP contribution is 2.31. The summed E-state index contributed by atoms with van der Waals surface area (Å²) in [6.45, 7) is 6.00. The molecule has 1 unspecified atom stereocenters. The Hall–Kier alpha value is -1.06. The van der Waals surface area contributed by atoms with Crippen LogP contribution in [0.5, 0.6) is 0 Å². The number of rotatable bonds is 4. The number of hydrogen-bond donors (Lipinski definition) is 1. The van der Waals surface area contributed by atoms with E-state index in [0.717, 1.165) is 58.0 Å². The largest absolute Gasteiger partial charge is 0.353 e. The Morgan fingerprint density at radius 1 is 1.10 bits per heavy atom. The lowest BCUT2D eigenvalue weighted by atomic mass is 9.81. The summed E-state index contributed by atoms with van der Waals surface area (Å²) in [5.74, 6) is 0.807. The second-order valence-electron chi connectivity index (χ2n) is 6.40. The second-order valence-corrected chi connectivity index (χ2v) is 6.40. The van der Waals surface area contributed by atoms with Crippen molar-refractivity contribution in [3.63, 3.8) is 0 Å². The topological polar surface area (TPSA) is 49.4 Å². The lowest BCUT2D eigenvalue weighted by Crippen LogP contribution is -2.40. The van der Waals surface area contributed by atoms with Crippen molar-refractivity contribution < 1.29 is 9.59 Å². The summed E-state index contributed by atoms with van der Waals surface area (Å²) in [4.78, 5) is 26.4. The van der Waals surface area contributed by atoms with E-state index in [1.165, 1.54) is 0 Å². The molecule has 20 heavy (non-hydrogen) atoms. The van der Waals surface area contributed by atoms with E-state index < -0.39 is 0 Å². The Morgan fingerprint density at radius 3 is 2.20 bits per heavy atom. The fourth-order valence-corrected chi connectivity index (χ4v) is 3.26. The van der Waals surface area contributed by atoms with Crippen molar-refractivity contribution in [2.24, 2.45) is 11.8 Å². The zero-order chi connectivity index (χ0) is 14.5. The van der Waals surface area contributed by atoms with Gasteiger partial charge in [0.2, 0.25) is 11.8 Å². The van der Waals surface area contributed by atoms with E-state index in [-0.39, 0.29) is 23.8 Å². The summed E-state index contributed by atoms with van der Waals surface area (Å²) in [5, 5.41) is 3.06. The number of carbonyl (C=O) groups is 2. The van der Waals surface area contributed by atoms with E-state index >= 15 is 0 Å². The number of carbonyl (C=O) groups excluding carboxylic acids is 2. The summed E-state index contributed by atoms with van der Waals surface area (Å²) in [6.07, 6.45) is 6.77. The molecule has 1 saturated heterocycles. The molecule has 1 N–H and O–H groups in total. The summed E-state index contributed by atoms with van der Waals surface area (Å²) >= 11 is 0. The molecule has 1 atom stereocenters. The molecule has 2 rings (SSSR count). The molecule has 2 amide bonds. The van der Waals surface area contributed by atoms with E-state index in [0.29, 0.717) is 5.91 Å². The lowest BCUT2D eigenvalue weighted by molar-refractivity contribution is -0.137. The molecular formula is C16H28N2O2. The molecule has 0 aromatic heterocycles. The van der Waals surface area contributed by atoms with Gasteiger partial charge in [-0.15, -0.1) is 0 Å². The highest BCUT2D eigenvalue weighted by atomic mass is 16.2. The first-order valence-electron chi connectivity index (χ1n) is 8.21. The zero-order valence-electron chi connectivity index (χ0n) is 12.9. The van der Waals surface area contributed by atoms with Gasteiger partial charge < -0.3 is 10.2 Å². The molecule has 0 aromatic rings. The summed E-state index contributed by atoms with van der Waals surface area (Å²) in [5.41, 5.74) is 0. The number of likely N-dealkylation sites (tertiary alicyclic amines) is 1. The molecule has 1 heterocycles. The highest BCUT2D eigenvalue weighted by molar-refractivity contribution is 5.81. The first-order chi connectivity index (χ1) is 9.61. The Bertz CT molecular complexity index is 342. The van der Waals surface area contributed by atoms with Crippen molar-refractivity contribution in [1.82, 2.24) is 10.2 Å². The van der Waals surface area contributed by atoms with Crippen LogP contribution in [0, 0.1) is 11.8 Å². The number of nitrogens with one attached hydrogen (secondary N) is 1. The van der Waals surface area contributed by atoms with Gasteiger partial charge in [0.15, 0.2) is 0 Å². The maximum absolute atomic E-state index is 12.3. The molecule has 2 aliphatic rings. The van der Waals surface area contributed by atoms with Crippen molar-refractivity contribution in [2.45, 2.75) is 64.8 Å². The molecule has 0 bridgehead atoms. The molecular weight excluding hydrogens is 252 g/mol. The number of nitrogens with zero attached hydrogens (tertiary/aromatic N) is 1. The van der Waals surface area contributed by atoms with Crippen molar-refractivity contribution >= 4 is 11.8 Å². The van der Waals surface area contributed by atoms with Crippen LogP contribution in [0.4, 0.5) is 0 Å². The summed E-state index contributed by atoms with van der Waals surface area (Å²) < 4.78 is 0. The minimum Gasteiger partial charge on any atom is -0.353 e. The van der Waals surface area contributed by atoms with Gasteiger partial charge in [-0.25, -0.2) is 0 Å². The van der Waals surface area contributed by atoms with Gasteiger partial charge in [0.25, 0.3) is 0 Å². The Balaban J connectivity index is 1.77. The molecule has 0 spiro atoms. The Morgan fingerprint density at radius 2 is 1.65 bits per heavy atom. The second kappa shape index (κ2) is 7.09. The average Bonchev–Trinajstić information content (AvgIpc) is 3.00. The maximum atomic E-state index is 12.3. The summed E-state index contributed by atoms with van der Waals surface area (Å²) in [7, 11) is 0. The van der Waals surface area contributed by atoms with Crippen LogP contribution in [-0.2, 0) is 9.59 Å². The normalized spacial score (nSPS) is 28.2. The molecule has 114 valence electrons. The van der Waals surface area contributed by atoms with Crippen molar-refractivity contribution in [2.75, 3.05) is 13.1 Å². The van der Waals surface area contributed by atoms with Crippen LogP contribution in [-0.4, -0.2) is 35.8 Å². The van der Waals surface area contributed by atoms with Gasteiger partial charge in [0.1, 0.15) is 0 Å². The number of amides is 2. The molecule has 0 radical (unpaired) electrons.